The fourth-order valence-electron chi connectivity index (χ4n) is 1.06. The first kappa shape index (κ1) is 21.2. The smallest absolute Gasteiger partial charge is 0.264 e. The van der Waals surface area contributed by atoms with Crippen molar-refractivity contribution in [3.8, 4) is 0 Å². The van der Waals surface area contributed by atoms with Gasteiger partial charge in [0.1, 0.15) is 0 Å². The Morgan fingerprint density at radius 2 is 1.36 bits per heavy atom. The summed E-state index contributed by atoms with van der Waals surface area (Å²) >= 11 is 0. The molecule has 0 heterocycles. The van der Waals surface area contributed by atoms with Crippen molar-refractivity contribution in [3.63, 3.8) is 0 Å². The maximum absolute atomic E-state index is 10.3. The maximum Gasteiger partial charge on any atom is 0.264 e. The van der Waals surface area contributed by atoms with Crippen molar-refractivity contribution in [2.45, 2.75) is 45.4 Å². The van der Waals surface area contributed by atoms with Crippen LogP contribution in [-0.4, -0.2) is 77.8 Å². The van der Waals surface area contributed by atoms with Gasteiger partial charge in [0.15, 0.2) is 0 Å². The topological polar surface area (TPSA) is 54.4 Å². The summed E-state index contributed by atoms with van der Waals surface area (Å²) in [5.74, 6) is -0.0842. The second-order valence-corrected chi connectivity index (χ2v) is 4.63. The molecule has 1 N–H and O–H groups in total. The van der Waals surface area contributed by atoms with Crippen molar-refractivity contribution >= 4 is 69.2 Å². The van der Waals surface area contributed by atoms with Crippen LogP contribution in [0, 0.1) is 0 Å². The summed E-state index contributed by atoms with van der Waals surface area (Å²) in [7, 11) is -3.72. The van der Waals surface area contributed by atoms with Crippen LogP contribution in [0.3, 0.4) is 0 Å². The molecule has 0 unspecified atom stereocenters. The Morgan fingerprint density at radius 1 is 0.929 bits per heavy atom. The van der Waals surface area contributed by atoms with E-state index in [1.54, 1.807) is 0 Å². The molecule has 0 bridgehead atoms. The molecule has 0 rings (SSSR count). The van der Waals surface area contributed by atoms with E-state index in [-0.39, 0.29) is 64.9 Å². The molecule has 0 aromatic rings. The molecule has 0 aromatic heterocycles. The third-order valence-corrected chi connectivity index (χ3v) is 2.56. The predicted octanol–water partition coefficient (Wildman–Crippen LogP) is 1.47. The Morgan fingerprint density at radius 3 is 1.79 bits per heavy atom. The fourth-order valence-corrected chi connectivity index (χ4v) is 1.63. The van der Waals surface area contributed by atoms with Crippen molar-refractivity contribution < 1.29 is 13.0 Å². The molecule has 76 valence electrons. The Balaban J connectivity index is -0.000000605. The van der Waals surface area contributed by atoms with Crippen LogP contribution >= 0.6 is 0 Å². The molecule has 0 spiro atoms. The van der Waals surface area contributed by atoms with E-state index in [0.717, 1.165) is 12.8 Å². The van der Waals surface area contributed by atoms with Gasteiger partial charge in [-0.15, -0.1) is 0 Å². The second-order valence-electron chi connectivity index (χ2n) is 3.05. The third kappa shape index (κ3) is 19.5. The average molecular weight is 240 g/mol. The van der Waals surface area contributed by atoms with Gasteiger partial charge in [0, 0.05) is 59.1 Å². The molecule has 2 radical (unpaired) electrons. The maximum atomic E-state index is 10.3. The molecule has 14 heavy (non-hydrogen) atoms. The minimum absolute atomic E-state index is 0. The molecule has 3 nitrogen and oxygen atoms in total. The van der Waals surface area contributed by atoms with E-state index >= 15 is 0 Å². The molecule has 0 amide bonds. The largest absolute Gasteiger partial charge is 0.286 e. The SMILES string of the molecule is CCCCCCCCS(=O)(=O)O.[Na].[Na]. The van der Waals surface area contributed by atoms with Gasteiger partial charge in [-0.25, -0.2) is 0 Å². The summed E-state index contributed by atoms with van der Waals surface area (Å²) < 4.78 is 28.9. The van der Waals surface area contributed by atoms with E-state index in [4.69, 9.17) is 4.55 Å². The molecule has 0 aliphatic carbocycles. The summed E-state index contributed by atoms with van der Waals surface area (Å²) in [6.45, 7) is 2.14. The van der Waals surface area contributed by atoms with Gasteiger partial charge in [-0.2, -0.15) is 8.42 Å². The Hall–Kier alpha value is 1.91. The van der Waals surface area contributed by atoms with Gasteiger partial charge in [-0.05, 0) is 6.42 Å². The summed E-state index contributed by atoms with van der Waals surface area (Å²) in [6.07, 6.45) is 6.14. The minimum Gasteiger partial charge on any atom is -0.286 e. The molecular formula is C8H18Na2O3S. The average Bonchev–Trinajstić information content (AvgIpc) is 1.94. The molecule has 0 aliphatic rings. The zero-order valence-corrected chi connectivity index (χ0v) is 14.4. The molecule has 6 heteroatoms. The van der Waals surface area contributed by atoms with Crippen molar-refractivity contribution in [2.24, 2.45) is 0 Å². The van der Waals surface area contributed by atoms with Crippen LogP contribution < -0.4 is 0 Å². The van der Waals surface area contributed by atoms with Gasteiger partial charge in [-0.3, -0.25) is 4.55 Å². The number of hydrogen-bond acceptors (Lipinski definition) is 2. The molecule has 0 saturated carbocycles. The van der Waals surface area contributed by atoms with E-state index in [2.05, 4.69) is 6.92 Å². The number of hydrogen-bond donors (Lipinski definition) is 1. The molecule has 0 fully saturated rings. The van der Waals surface area contributed by atoms with Crippen molar-refractivity contribution in [1.29, 1.82) is 0 Å². The van der Waals surface area contributed by atoms with Crippen molar-refractivity contribution in [2.75, 3.05) is 5.75 Å². The normalized spacial score (nSPS) is 10.1. The van der Waals surface area contributed by atoms with Gasteiger partial charge in [0.25, 0.3) is 10.1 Å². The van der Waals surface area contributed by atoms with Crippen molar-refractivity contribution in [1.82, 2.24) is 0 Å². The predicted molar refractivity (Wildman–Crippen MR) is 61.3 cm³/mol. The van der Waals surface area contributed by atoms with Gasteiger partial charge in [0.2, 0.25) is 0 Å². The fraction of sp³-hybridized carbons (Fsp3) is 1.00. The van der Waals surface area contributed by atoms with Crippen molar-refractivity contribution in [3.05, 3.63) is 0 Å². The first-order chi connectivity index (χ1) is 5.56. The summed E-state index contributed by atoms with van der Waals surface area (Å²) in [5, 5.41) is 0. The van der Waals surface area contributed by atoms with E-state index < -0.39 is 10.1 Å². The Bertz CT molecular complexity index is 193. The first-order valence-electron chi connectivity index (χ1n) is 4.51. The molecule has 0 aromatic carbocycles. The van der Waals surface area contributed by atoms with Gasteiger partial charge in [0.05, 0.1) is 5.75 Å². The summed E-state index contributed by atoms with van der Waals surface area (Å²) in [6, 6.07) is 0. The second kappa shape index (κ2) is 13.0. The van der Waals surface area contributed by atoms with Crippen LogP contribution in [0.2, 0.25) is 0 Å². The molecular weight excluding hydrogens is 222 g/mol. The van der Waals surface area contributed by atoms with Gasteiger partial charge >= 0.3 is 0 Å². The Labute approximate surface area is 132 Å². The molecule has 0 saturated heterocycles. The summed E-state index contributed by atoms with van der Waals surface area (Å²) in [4.78, 5) is 0. The van der Waals surface area contributed by atoms with Crippen LogP contribution in [0.25, 0.3) is 0 Å². The van der Waals surface area contributed by atoms with E-state index in [0.29, 0.717) is 6.42 Å². The quantitative estimate of drug-likeness (QED) is 0.416. The molecule has 0 atom stereocenters. The van der Waals surface area contributed by atoms with Gasteiger partial charge < -0.3 is 0 Å². The summed E-state index contributed by atoms with van der Waals surface area (Å²) in [5.41, 5.74) is 0. The van der Waals surface area contributed by atoms with Crippen LogP contribution in [0.15, 0.2) is 0 Å². The van der Waals surface area contributed by atoms with Gasteiger partial charge in [-0.1, -0.05) is 39.0 Å². The number of rotatable bonds is 7. The standard InChI is InChI=1S/C8H18O3S.2Na/c1-2-3-4-5-6-7-8-12(9,10)11;;/h2-8H2,1H3,(H,9,10,11);;. The van der Waals surface area contributed by atoms with Crippen LogP contribution in [-0.2, 0) is 10.1 Å². The van der Waals surface area contributed by atoms with E-state index in [1.807, 2.05) is 0 Å². The van der Waals surface area contributed by atoms with E-state index in [1.165, 1.54) is 19.3 Å². The zero-order valence-electron chi connectivity index (χ0n) is 9.62. The third-order valence-electron chi connectivity index (χ3n) is 1.76. The van der Waals surface area contributed by atoms with Crippen LogP contribution in [0.5, 0.6) is 0 Å². The van der Waals surface area contributed by atoms with Crippen LogP contribution in [0.1, 0.15) is 45.4 Å². The Kier molecular flexibility index (Phi) is 19.7. The minimum atomic E-state index is -3.72. The zero-order chi connectivity index (χ0) is 9.45. The van der Waals surface area contributed by atoms with E-state index in [9.17, 15) is 8.42 Å². The van der Waals surface area contributed by atoms with Crippen LogP contribution in [0.4, 0.5) is 0 Å². The number of unbranched alkanes of at least 4 members (excludes halogenated alkanes) is 5. The first-order valence-corrected chi connectivity index (χ1v) is 6.12. The monoisotopic (exact) mass is 240 g/mol. The molecule has 0 aliphatic heterocycles.